The quantitative estimate of drug-likeness (QED) is 0.824. The Bertz CT molecular complexity index is 560. The van der Waals surface area contributed by atoms with E-state index in [0.717, 1.165) is 6.26 Å². The van der Waals surface area contributed by atoms with E-state index in [1.165, 1.54) is 22.5 Å². The third-order valence-corrected chi connectivity index (χ3v) is 4.01. The van der Waals surface area contributed by atoms with E-state index >= 15 is 0 Å². The first kappa shape index (κ1) is 16.6. The smallest absolute Gasteiger partial charge is 0.254 e. The first-order chi connectivity index (χ1) is 9.36. The van der Waals surface area contributed by atoms with E-state index in [2.05, 4.69) is 5.32 Å². The molecule has 7 heteroatoms. The zero-order valence-electron chi connectivity index (χ0n) is 11.6. The standard InChI is InChI=1S/C13H19FN2O3S/c1-3-9-16(20(2,18)19)10-8-15-13(17)11-6-4-5-7-12(11)14/h4-7H,3,8-10H2,1-2H3,(H,15,17). The Hall–Kier alpha value is -1.47. The third-order valence-electron chi connectivity index (χ3n) is 2.71. The molecule has 1 amide bonds. The molecule has 20 heavy (non-hydrogen) atoms. The molecular formula is C13H19FN2O3S. The third kappa shape index (κ3) is 4.90. The summed E-state index contributed by atoms with van der Waals surface area (Å²) in [4.78, 5) is 11.7. The van der Waals surface area contributed by atoms with Gasteiger partial charge in [-0.25, -0.2) is 17.1 Å². The number of halogens is 1. The summed E-state index contributed by atoms with van der Waals surface area (Å²) in [7, 11) is -3.29. The van der Waals surface area contributed by atoms with E-state index in [1.54, 1.807) is 6.07 Å². The molecule has 0 fully saturated rings. The summed E-state index contributed by atoms with van der Waals surface area (Å²) in [6.45, 7) is 2.58. The monoisotopic (exact) mass is 302 g/mol. The summed E-state index contributed by atoms with van der Waals surface area (Å²) in [6.07, 6.45) is 1.82. The second-order valence-electron chi connectivity index (χ2n) is 4.40. The van der Waals surface area contributed by atoms with Gasteiger partial charge in [0.15, 0.2) is 0 Å². The molecule has 1 aromatic carbocycles. The number of sulfonamides is 1. The van der Waals surface area contributed by atoms with Crippen LogP contribution in [0.5, 0.6) is 0 Å². The zero-order valence-corrected chi connectivity index (χ0v) is 12.4. The van der Waals surface area contributed by atoms with Crippen molar-refractivity contribution in [3.05, 3.63) is 35.6 Å². The van der Waals surface area contributed by atoms with Crippen LogP contribution in [0.1, 0.15) is 23.7 Å². The molecule has 1 rings (SSSR count). The zero-order chi connectivity index (χ0) is 15.2. The Morgan fingerprint density at radius 2 is 1.95 bits per heavy atom. The van der Waals surface area contributed by atoms with Crippen molar-refractivity contribution in [2.75, 3.05) is 25.9 Å². The fourth-order valence-electron chi connectivity index (χ4n) is 1.73. The molecule has 0 aliphatic rings. The van der Waals surface area contributed by atoms with Gasteiger partial charge >= 0.3 is 0 Å². The summed E-state index contributed by atoms with van der Waals surface area (Å²) in [5.74, 6) is -1.15. The van der Waals surface area contributed by atoms with Crippen LogP contribution in [0.3, 0.4) is 0 Å². The van der Waals surface area contributed by atoms with Gasteiger partial charge in [0.2, 0.25) is 10.0 Å². The minimum Gasteiger partial charge on any atom is -0.351 e. The van der Waals surface area contributed by atoms with Gasteiger partial charge in [-0.3, -0.25) is 4.79 Å². The Labute approximate surface area is 118 Å². The fourth-order valence-corrected chi connectivity index (χ4v) is 2.66. The van der Waals surface area contributed by atoms with Crippen LogP contribution in [0.25, 0.3) is 0 Å². The van der Waals surface area contributed by atoms with Gasteiger partial charge in [0, 0.05) is 19.6 Å². The lowest BCUT2D eigenvalue weighted by Gasteiger charge is -2.19. The van der Waals surface area contributed by atoms with Gasteiger partial charge in [-0.15, -0.1) is 0 Å². The molecule has 1 aromatic rings. The summed E-state index contributed by atoms with van der Waals surface area (Å²) in [6, 6.07) is 5.65. The van der Waals surface area contributed by atoms with Crippen molar-refractivity contribution >= 4 is 15.9 Å². The highest BCUT2D eigenvalue weighted by atomic mass is 32.2. The van der Waals surface area contributed by atoms with E-state index in [0.29, 0.717) is 13.0 Å². The predicted molar refractivity (Wildman–Crippen MR) is 75.4 cm³/mol. The summed E-state index contributed by atoms with van der Waals surface area (Å²) < 4.78 is 37.6. The molecule has 0 unspecified atom stereocenters. The lowest BCUT2D eigenvalue weighted by Crippen LogP contribution is -2.38. The molecule has 1 N–H and O–H groups in total. The summed E-state index contributed by atoms with van der Waals surface area (Å²) >= 11 is 0. The second-order valence-corrected chi connectivity index (χ2v) is 6.38. The van der Waals surface area contributed by atoms with Crippen LogP contribution in [-0.4, -0.2) is 44.5 Å². The maximum Gasteiger partial charge on any atom is 0.254 e. The van der Waals surface area contributed by atoms with E-state index in [-0.39, 0.29) is 18.7 Å². The maximum atomic E-state index is 13.4. The summed E-state index contributed by atoms with van der Waals surface area (Å²) in [5, 5.41) is 2.52. The van der Waals surface area contributed by atoms with Crippen molar-refractivity contribution in [1.29, 1.82) is 0 Å². The van der Waals surface area contributed by atoms with Crippen LogP contribution in [-0.2, 0) is 10.0 Å². The number of nitrogens with one attached hydrogen (secondary N) is 1. The highest BCUT2D eigenvalue weighted by molar-refractivity contribution is 7.88. The van der Waals surface area contributed by atoms with E-state index < -0.39 is 21.7 Å². The number of hydrogen-bond acceptors (Lipinski definition) is 3. The van der Waals surface area contributed by atoms with E-state index in [9.17, 15) is 17.6 Å². The van der Waals surface area contributed by atoms with Crippen molar-refractivity contribution < 1.29 is 17.6 Å². The minimum atomic E-state index is -3.29. The van der Waals surface area contributed by atoms with Crippen molar-refractivity contribution in [2.24, 2.45) is 0 Å². The van der Waals surface area contributed by atoms with Crippen LogP contribution in [0, 0.1) is 5.82 Å². The fraction of sp³-hybridized carbons (Fsp3) is 0.462. The van der Waals surface area contributed by atoms with Gasteiger partial charge in [0.1, 0.15) is 5.82 Å². The highest BCUT2D eigenvalue weighted by Crippen LogP contribution is 2.05. The molecular weight excluding hydrogens is 283 g/mol. The average Bonchev–Trinajstić information content (AvgIpc) is 2.37. The van der Waals surface area contributed by atoms with Crippen molar-refractivity contribution in [2.45, 2.75) is 13.3 Å². The Balaban J connectivity index is 2.55. The Morgan fingerprint density at radius 1 is 1.30 bits per heavy atom. The molecule has 0 atom stereocenters. The number of carbonyl (C=O) groups is 1. The molecule has 0 aliphatic heterocycles. The van der Waals surface area contributed by atoms with Crippen LogP contribution in [0.15, 0.2) is 24.3 Å². The van der Waals surface area contributed by atoms with Crippen LogP contribution >= 0.6 is 0 Å². The van der Waals surface area contributed by atoms with Crippen LogP contribution in [0.4, 0.5) is 4.39 Å². The van der Waals surface area contributed by atoms with Crippen molar-refractivity contribution in [3.8, 4) is 0 Å². The molecule has 0 aliphatic carbocycles. The molecule has 0 spiro atoms. The predicted octanol–water partition coefficient (Wildman–Crippen LogP) is 1.23. The molecule has 0 saturated heterocycles. The molecule has 112 valence electrons. The number of amides is 1. The first-order valence-electron chi connectivity index (χ1n) is 6.34. The van der Waals surface area contributed by atoms with Gasteiger partial charge in [-0.2, -0.15) is 0 Å². The first-order valence-corrected chi connectivity index (χ1v) is 8.19. The minimum absolute atomic E-state index is 0.0473. The van der Waals surface area contributed by atoms with Crippen LogP contribution < -0.4 is 5.32 Å². The SMILES string of the molecule is CCCN(CCNC(=O)c1ccccc1F)S(C)(=O)=O. The normalized spacial score (nSPS) is 11.6. The number of benzene rings is 1. The average molecular weight is 302 g/mol. The molecule has 0 bridgehead atoms. The van der Waals surface area contributed by atoms with Gasteiger partial charge in [-0.05, 0) is 18.6 Å². The number of nitrogens with zero attached hydrogens (tertiary/aromatic N) is 1. The number of rotatable bonds is 7. The molecule has 5 nitrogen and oxygen atoms in total. The largest absolute Gasteiger partial charge is 0.351 e. The number of hydrogen-bond donors (Lipinski definition) is 1. The van der Waals surface area contributed by atoms with E-state index in [4.69, 9.17) is 0 Å². The molecule has 0 saturated carbocycles. The van der Waals surface area contributed by atoms with Gasteiger partial charge in [0.25, 0.3) is 5.91 Å². The molecule has 0 radical (unpaired) electrons. The molecule has 0 heterocycles. The lowest BCUT2D eigenvalue weighted by molar-refractivity contribution is 0.0947. The number of carbonyl (C=O) groups excluding carboxylic acids is 1. The topological polar surface area (TPSA) is 66.5 Å². The lowest BCUT2D eigenvalue weighted by atomic mass is 10.2. The van der Waals surface area contributed by atoms with E-state index in [1.807, 2.05) is 6.92 Å². The highest BCUT2D eigenvalue weighted by Gasteiger charge is 2.16. The molecule has 0 aromatic heterocycles. The Kier molecular flexibility index (Phi) is 6.09. The maximum absolute atomic E-state index is 13.4. The van der Waals surface area contributed by atoms with Gasteiger partial charge in [0.05, 0.1) is 11.8 Å². The van der Waals surface area contributed by atoms with Crippen LogP contribution in [0.2, 0.25) is 0 Å². The van der Waals surface area contributed by atoms with Crippen molar-refractivity contribution in [3.63, 3.8) is 0 Å². The summed E-state index contributed by atoms with van der Waals surface area (Å²) in [5.41, 5.74) is -0.0473. The Morgan fingerprint density at radius 3 is 2.50 bits per heavy atom. The van der Waals surface area contributed by atoms with Gasteiger partial charge < -0.3 is 5.32 Å². The van der Waals surface area contributed by atoms with Crippen molar-refractivity contribution in [1.82, 2.24) is 9.62 Å². The van der Waals surface area contributed by atoms with Gasteiger partial charge in [-0.1, -0.05) is 19.1 Å². The second kappa shape index (κ2) is 7.35.